The fraction of sp³-hybridized carbons (Fsp3) is 0.273. The predicted molar refractivity (Wildman–Crippen MR) is 114 cm³/mol. The maximum absolute atomic E-state index is 13.1. The van der Waals surface area contributed by atoms with Crippen molar-refractivity contribution in [2.75, 3.05) is 0 Å². The van der Waals surface area contributed by atoms with Gasteiger partial charge in [-0.2, -0.15) is 0 Å². The minimum atomic E-state index is -0.967. The van der Waals surface area contributed by atoms with Gasteiger partial charge in [0.15, 0.2) is 0 Å². The number of aryl methyl sites for hydroxylation is 1. The van der Waals surface area contributed by atoms with Crippen molar-refractivity contribution in [2.45, 2.75) is 25.3 Å². The lowest BCUT2D eigenvalue weighted by Crippen LogP contribution is -2.30. The van der Waals surface area contributed by atoms with Crippen LogP contribution >= 0.6 is 23.2 Å². The Balaban J connectivity index is 1.63. The van der Waals surface area contributed by atoms with E-state index in [4.69, 9.17) is 28.3 Å². The van der Waals surface area contributed by atoms with E-state index in [1.807, 2.05) is 13.1 Å². The molecule has 1 atom stereocenters. The number of carboxylic acid groups (broad SMARTS) is 1. The molecule has 1 aliphatic carbocycles. The summed E-state index contributed by atoms with van der Waals surface area (Å²) in [6, 6.07) is 11.8. The van der Waals surface area contributed by atoms with Gasteiger partial charge < -0.3 is 15.0 Å². The molecule has 3 aromatic rings. The molecule has 0 saturated heterocycles. The van der Waals surface area contributed by atoms with Gasteiger partial charge in [-0.3, -0.25) is 4.79 Å². The maximum atomic E-state index is 13.1. The number of hydrogen-bond acceptors (Lipinski definition) is 2. The van der Waals surface area contributed by atoms with Crippen molar-refractivity contribution in [2.24, 2.45) is 13.0 Å². The SMILES string of the molecule is Cn1c(C(=O)NC(CC2CC2)c2ccc(C(=O)O)cc2)cc2c(Cl)c(Cl)ccc21. The van der Waals surface area contributed by atoms with Gasteiger partial charge in [0.2, 0.25) is 0 Å². The predicted octanol–water partition coefficient (Wildman–Crippen LogP) is 5.45. The number of nitrogens with zero attached hydrogens (tertiary/aromatic N) is 1. The van der Waals surface area contributed by atoms with Crippen LogP contribution in [-0.4, -0.2) is 21.6 Å². The largest absolute Gasteiger partial charge is 0.478 e. The van der Waals surface area contributed by atoms with E-state index in [0.29, 0.717) is 21.7 Å². The number of nitrogens with one attached hydrogen (secondary N) is 1. The fourth-order valence-electron chi connectivity index (χ4n) is 3.62. The van der Waals surface area contributed by atoms with Crippen LogP contribution in [0.4, 0.5) is 0 Å². The van der Waals surface area contributed by atoms with Gasteiger partial charge in [0, 0.05) is 18.0 Å². The first-order valence-corrected chi connectivity index (χ1v) is 10.2. The van der Waals surface area contributed by atoms with E-state index in [1.165, 1.54) is 0 Å². The van der Waals surface area contributed by atoms with E-state index in [0.717, 1.165) is 35.7 Å². The minimum Gasteiger partial charge on any atom is -0.478 e. The zero-order valence-corrected chi connectivity index (χ0v) is 17.3. The summed E-state index contributed by atoms with van der Waals surface area (Å²) in [5.74, 6) is -0.589. The second kappa shape index (κ2) is 7.73. The zero-order chi connectivity index (χ0) is 20.7. The molecule has 0 radical (unpaired) electrons. The molecule has 29 heavy (non-hydrogen) atoms. The summed E-state index contributed by atoms with van der Waals surface area (Å²) in [5, 5.41) is 13.8. The number of carbonyl (C=O) groups is 2. The van der Waals surface area contributed by atoms with Crippen LogP contribution in [0.25, 0.3) is 10.9 Å². The van der Waals surface area contributed by atoms with Crippen LogP contribution in [0.1, 0.15) is 51.7 Å². The van der Waals surface area contributed by atoms with Gasteiger partial charge in [0.05, 0.1) is 21.7 Å². The Bertz CT molecular complexity index is 1100. The van der Waals surface area contributed by atoms with Crippen molar-refractivity contribution in [1.29, 1.82) is 0 Å². The monoisotopic (exact) mass is 430 g/mol. The van der Waals surface area contributed by atoms with Crippen molar-refractivity contribution >= 4 is 46.0 Å². The van der Waals surface area contributed by atoms with E-state index < -0.39 is 5.97 Å². The molecule has 1 aliphatic rings. The number of carboxylic acids is 1. The molecular weight excluding hydrogens is 411 g/mol. The summed E-state index contributed by atoms with van der Waals surface area (Å²) in [7, 11) is 1.82. The van der Waals surface area contributed by atoms with Gasteiger partial charge in [0.25, 0.3) is 5.91 Å². The molecule has 1 fully saturated rings. The maximum Gasteiger partial charge on any atom is 0.335 e. The highest BCUT2D eigenvalue weighted by molar-refractivity contribution is 6.45. The second-order valence-electron chi connectivity index (χ2n) is 7.52. The number of carbonyl (C=O) groups excluding carboxylic acids is 1. The Hall–Kier alpha value is -2.50. The van der Waals surface area contributed by atoms with Crippen molar-refractivity contribution in [3.05, 3.63) is 69.3 Å². The lowest BCUT2D eigenvalue weighted by molar-refractivity contribution is 0.0696. The molecule has 4 rings (SSSR count). The van der Waals surface area contributed by atoms with Gasteiger partial charge in [-0.25, -0.2) is 4.79 Å². The first-order chi connectivity index (χ1) is 13.8. The highest BCUT2D eigenvalue weighted by Crippen LogP contribution is 2.38. The first-order valence-electron chi connectivity index (χ1n) is 9.42. The molecule has 0 aliphatic heterocycles. The fourth-order valence-corrected chi connectivity index (χ4v) is 4.00. The molecule has 1 saturated carbocycles. The van der Waals surface area contributed by atoms with Gasteiger partial charge >= 0.3 is 5.97 Å². The molecule has 1 heterocycles. The molecule has 5 nitrogen and oxygen atoms in total. The average molecular weight is 431 g/mol. The number of halogens is 2. The summed E-state index contributed by atoms with van der Waals surface area (Å²) >= 11 is 12.4. The zero-order valence-electron chi connectivity index (χ0n) is 15.8. The van der Waals surface area contributed by atoms with Crippen molar-refractivity contribution < 1.29 is 14.7 Å². The molecule has 1 unspecified atom stereocenters. The van der Waals surface area contributed by atoms with E-state index in [2.05, 4.69) is 5.32 Å². The van der Waals surface area contributed by atoms with Crippen LogP contribution in [0.15, 0.2) is 42.5 Å². The van der Waals surface area contributed by atoms with Crippen molar-refractivity contribution in [3.8, 4) is 0 Å². The second-order valence-corrected chi connectivity index (χ2v) is 8.30. The number of aromatic nitrogens is 1. The van der Waals surface area contributed by atoms with Gasteiger partial charge in [-0.15, -0.1) is 0 Å². The smallest absolute Gasteiger partial charge is 0.335 e. The van der Waals surface area contributed by atoms with E-state index in [1.54, 1.807) is 41.0 Å². The Morgan fingerprint density at radius 3 is 2.48 bits per heavy atom. The standard InChI is InChI=1S/C22H20Cl2N2O3/c1-26-18-9-8-16(23)20(24)15(18)11-19(26)21(27)25-17(10-12-2-3-12)13-4-6-14(7-5-13)22(28)29/h4-9,11-12,17H,2-3,10H2,1H3,(H,25,27)(H,28,29). The van der Waals surface area contributed by atoms with Crippen LogP contribution in [0.5, 0.6) is 0 Å². The summed E-state index contributed by atoms with van der Waals surface area (Å²) < 4.78 is 1.80. The topological polar surface area (TPSA) is 71.3 Å². The van der Waals surface area contributed by atoms with E-state index >= 15 is 0 Å². The minimum absolute atomic E-state index is 0.185. The van der Waals surface area contributed by atoms with E-state index in [-0.39, 0.29) is 17.5 Å². The number of fused-ring (bicyclic) bond motifs is 1. The van der Waals surface area contributed by atoms with Crippen molar-refractivity contribution in [1.82, 2.24) is 9.88 Å². The molecule has 0 spiro atoms. The quantitative estimate of drug-likeness (QED) is 0.545. The highest BCUT2D eigenvalue weighted by atomic mass is 35.5. The third-order valence-electron chi connectivity index (χ3n) is 5.48. The van der Waals surface area contributed by atoms with Gasteiger partial charge in [-0.05, 0) is 48.2 Å². The lowest BCUT2D eigenvalue weighted by atomic mass is 9.99. The lowest BCUT2D eigenvalue weighted by Gasteiger charge is -2.19. The Morgan fingerprint density at radius 1 is 1.17 bits per heavy atom. The summed E-state index contributed by atoms with van der Waals surface area (Å²) in [6.07, 6.45) is 3.14. The third-order valence-corrected chi connectivity index (χ3v) is 6.30. The van der Waals surface area contributed by atoms with Crippen LogP contribution in [0, 0.1) is 5.92 Å². The van der Waals surface area contributed by atoms with Gasteiger partial charge in [0.1, 0.15) is 5.69 Å². The normalized spacial score (nSPS) is 14.7. The van der Waals surface area contributed by atoms with E-state index in [9.17, 15) is 9.59 Å². The van der Waals surface area contributed by atoms with Crippen molar-refractivity contribution in [3.63, 3.8) is 0 Å². The molecule has 150 valence electrons. The molecule has 0 bridgehead atoms. The first kappa shape index (κ1) is 19.8. The number of aromatic carboxylic acids is 1. The number of hydrogen-bond donors (Lipinski definition) is 2. The van der Waals surface area contributed by atoms with Crippen LogP contribution in [0.3, 0.4) is 0 Å². The molecule has 7 heteroatoms. The molecule has 1 aromatic heterocycles. The summed E-state index contributed by atoms with van der Waals surface area (Å²) in [4.78, 5) is 24.2. The van der Waals surface area contributed by atoms with Crippen LogP contribution < -0.4 is 5.32 Å². The van der Waals surface area contributed by atoms with Crippen LogP contribution in [0.2, 0.25) is 10.0 Å². The Kier molecular flexibility index (Phi) is 5.28. The Labute approximate surface area is 178 Å². The third kappa shape index (κ3) is 3.98. The molecule has 2 aromatic carbocycles. The molecule has 1 amide bonds. The number of rotatable bonds is 6. The van der Waals surface area contributed by atoms with Crippen LogP contribution in [-0.2, 0) is 7.05 Å². The Morgan fingerprint density at radius 2 is 1.86 bits per heavy atom. The summed E-state index contributed by atoms with van der Waals surface area (Å²) in [5.41, 5.74) is 2.45. The number of amides is 1. The highest BCUT2D eigenvalue weighted by Gasteiger charge is 2.28. The summed E-state index contributed by atoms with van der Waals surface area (Å²) in [6.45, 7) is 0. The van der Waals surface area contributed by atoms with Gasteiger partial charge in [-0.1, -0.05) is 48.2 Å². The molecule has 2 N–H and O–H groups in total. The average Bonchev–Trinajstić information content (AvgIpc) is 3.45. The number of benzene rings is 2. The molecular formula is C22H20Cl2N2O3.